The number of fused-ring (bicyclic) bond motifs is 5. The van der Waals surface area contributed by atoms with Gasteiger partial charge in [0.2, 0.25) is 0 Å². The van der Waals surface area contributed by atoms with Gasteiger partial charge < -0.3 is 38.3 Å². The zero-order chi connectivity index (χ0) is 18.7. The van der Waals surface area contributed by atoms with Crippen molar-refractivity contribution in [2.24, 2.45) is 29.6 Å². The summed E-state index contributed by atoms with van der Waals surface area (Å²) in [5, 5.41) is 11.0. The number of ether oxygens (including phenoxy) is 7. The molecule has 4 saturated heterocycles. The summed E-state index contributed by atoms with van der Waals surface area (Å²) in [7, 11) is 1.61. The molecule has 0 radical (unpaired) electrons. The van der Waals surface area contributed by atoms with Gasteiger partial charge in [-0.25, -0.2) is 0 Å². The van der Waals surface area contributed by atoms with Crippen LogP contribution in [0.5, 0.6) is 0 Å². The fourth-order valence-electron chi connectivity index (χ4n) is 6.30. The molecule has 0 aromatic carbocycles. The van der Waals surface area contributed by atoms with E-state index in [-0.39, 0.29) is 54.2 Å². The predicted octanol–water partition coefficient (Wildman–Crippen LogP) is 0.466. The van der Waals surface area contributed by atoms with Crippen LogP contribution in [0.4, 0.5) is 0 Å². The lowest BCUT2D eigenvalue weighted by Crippen LogP contribution is -2.72. The summed E-state index contributed by atoms with van der Waals surface area (Å²) in [6.07, 6.45) is -1.68. The summed E-state index contributed by atoms with van der Waals surface area (Å²) in [5.41, 5.74) is 0. The molecule has 1 N–H and O–H groups in total. The summed E-state index contributed by atoms with van der Waals surface area (Å²) >= 11 is 0. The molecule has 2 bridgehead atoms. The number of aliphatic hydroxyl groups is 1. The van der Waals surface area contributed by atoms with Gasteiger partial charge in [-0.2, -0.15) is 0 Å². The van der Waals surface area contributed by atoms with E-state index < -0.39 is 24.0 Å². The Balaban J connectivity index is 1.22. The van der Waals surface area contributed by atoms with E-state index in [1.54, 1.807) is 7.11 Å². The number of aliphatic hydroxyl groups excluding tert-OH is 1. The molecule has 27 heavy (non-hydrogen) atoms. The number of hydrogen-bond acceptors (Lipinski definition) is 8. The molecule has 2 aliphatic carbocycles. The van der Waals surface area contributed by atoms with Crippen molar-refractivity contribution < 1.29 is 38.3 Å². The molecule has 12 atom stereocenters. The van der Waals surface area contributed by atoms with E-state index in [4.69, 9.17) is 33.2 Å². The van der Waals surface area contributed by atoms with Crippen molar-refractivity contribution >= 4 is 0 Å². The SMILES string of the molecule is COC12OC(OC3C4COC5OC4C3C5C)C(O)C1C1OC(C)(C)OCC12. The van der Waals surface area contributed by atoms with Crippen molar-refractivity contribution in [3.8, 4) is 0 Å². The number of hydrogen-bond donors (Lipinski definition) is 1. The Kier molecular flexibility index (Phi) is 3.52. The number of rotatable bonds is 3. The maximum Gasteiger partial charge on any atom is 0.187 e. The molecule has 8 heteroatoms. The third-order valence-electron chi connectivity index (χ3n) is 7.70. The molecule has 8 nitrogen and oxygen atoms in total. The van der Waals surface area contributed by atoms with Crippen LogP contribution in [0.25, 0.3) is 0 Å². The standard InChI is InChI=1S/C19H28O8/c1-7-10-13-8(5-22-16(7)24-13)14(10)25-17-12(20)11-15-9(19(11,21-4)27-17)6-23-18(2,3)26-15/h7-17,20H,5-6H2,1-4H3. The molecule has 2 saturated carbocycles. The quantitative estimate of drug-likeness (QED) is 0.752. The Hall–Kier alpha value is -0.320. The molecular weight excluding hydrogens is 356 g/mol. The van der Waals surface area contributed by atoms with E-state index in [0.29, 0.717) is 13.2 Å². The van der Waals surface area contributed by atoms with Crippen molar-refractivity contribution in [1.29, 1.82) is 0 Å². The normalized spacial score (nSPS) is 62.3. The monoisotopic (exact) mass is 384 g/mol. The molecular formula is C19H28O8. The van der Waals surface area contributed by atoms with Crippen molar-refractivity contribution in [3.05, 3.63) is 0 Å². The smallest absolute Gasteiger partial charge is 0.187 e. The molecule has 0 amide bonds. The highest BCUT2D eigenvalue weighted by Crippen LogP contribution is 2.61. The van der Waals surface area contributed by atoms with E-state index in [9.17, 15) is 5.11 Å². The van der Waals surface area contributed by atoms with E-state index in [1.807, 2.05) is 13.8 Å². The Morgan fingerprint density at radius 1 is 1.11 bits per heavy atom. The predicted molar refractivity (Wildman–Crippen MR) is 88.1 cm³/mol. The third-order valence-corrected chi connectivity index (χ3v) is 7.70. The van der Waals surface area contributed by atoms with E-state index in [1.165, 1.54) is 0 Å². The van der Waals surface area contributed by atoms with E-state index in [2.05, 4.69) is 6.92 Å². The van der Waals surface area contributed by atoms with Crippen molar-refractivity contribution in [2.45, 2.75) is 69.3 Å². The molecule has 12 unspecified atom stereocenters. The van der Waals surface area contributed by atoms with Crippen LogP contribution in [0.15, 0.2) is 0 Å². The lowest BCUT2D eigenvalue weighted by molar-refractivity contribution is -0.433. The Bertz CT molecular complexity index is 639. The average molecular weight is 384 g/mol. The van der Waals surface area contributed by atoms with Crippen molar-refractivity contribution in [3.63, 3.8) is 0 Å². The lowest BCUT2D eigenvalue weighted by Gasteiger charge is -2.59. The van der Waals surface area contributed by atoms with Gasteiger partial charge in [-0.1, -0.05) is 6.92 Å². The number of methoxy groups -OCH3 is 1. The molecule has 0 aromatic heterocycles. The van der Waals surface area contributed by atoms with Crippen LogP contribution < -0.4 is 0 Å². The van der Waals surface area contributed by atoms with Crippen LogP contribution in [0.3, 0.4) is 0 Å². The van der Waals surface area contributed by atoms with Crippen LogP contribution >= 0.6 is 0 Å². The second kappa shape index (κ2) is 5.43. The fraction of sp³-hybridized carbons (Fsp3) is 1.00. The minimum Gasteiger partial charge on any atom is -0.387 e. The molecule has 6 aliphatic rings. The van der Waals surface area contributed by atoms with Gasteiger partial charge in [-0.15, -0.1) is 0 Å². The molecule has 4 heterocycles. The molecule has 152 valence electrons. The zero-order valence-corrected chi connectivity index (χ0v) is 16.1. The van der Waals surface area contributed by atoms with Crippen molar-refractivity contribution in [1.82, 2.24) is 0 Å². The van der Waals surface area contributed by atoms with Gasteiger partial charge >= 0.3 is 0 Å². The van der Waals surface area contributed by atoms with Gasteiger partial charge in [-0.05, 0) is 13.8 Å². The molecule has 6 fully saturated rings. The van der Waals surface area contributed by atoms with Gasteiger partial charge in [0.15, 0.2) is 24.2 Å². The molecule has 0 aromatic rings. The summed E-state index contributed by atoms with van der Waals surface area (Å²) in [6, 6.07) is 0. The van der Waals surface area contributed by atoms with E-state index in [0.717, 1.165) is 0 Å². The van der Waals surface area contributed by atoms with Crippen LogP contribution in [-0.2, 0) is 33.2 Å². The molecule has 6 rings (SSSR count). The third kappa shape index (κ3) is 2.06. The second-order valence-corrected chi connectivity index (χ2v) is 9.33. The first-order chi connectivity index (χ1) is 12.9. The summed E-state index contributed by atoms with van der Waals surface area (Å²) in [6.45, 7) is 7.02. The average Bonchev–Trinajstić information content (AvgIpc) is 2.90. The first-order valence-electron chi connectivity index (χ1n) is 10.0. The van der Waals surface area contributed by atoms with Gasteiger partial charge in [0.1, 0.15) is 6.10 Å². The maximum absolute atomic E-state index is 11.0. The second-order valence-electron chi connectivity index (χ2n) is 9.33. The van der Waals surface area contributed by atoms with Crippen LogP contribution in [0, 0.1) is 29.6 Å². The summed E-state index contributed by atoms with van der Waals surface area (Å²) < 4.78 is 41.9. The van der Waals surface area contributed by atoms with Crippen LogP contribution in [-0.4, -0.2) is 74.0 Å². The minimum atomic E-state index is -0.916. The Morgan fingerprint density at radius 3 is 2.70 bits per heavy atom. The van der Waals surface area contributed by atoms with Crippen LogP contribution in [0.1, 0.15) is 20.8 Å². The Morgan fingerprint density at radius 2 is 1.93 bits per heavy atom. The minimum absolute atomic E-state index is 0.0285. The van der Waals surface area contributed by atoms with Gasteiger partial charge in [0.05, 0.1) is 43.4 Å². The highest BCUT2D eigenvalue weighted by molar-refractivity contribution is 5.16. The van der Waals surface area contributed by atoms with Gasteiger partial charge in [0.25, 0.3) is 0 Å². The molecule has 0 spiro atoms. The highest BCUT2D eigenvalue weighted by Gasteiger charge is 2.76. The largest absolute Gasteiger partial charge is 0.387 e. The van der Waals surface area contributed by atoms with E-state index >= 15 is 0 Å². The van der Waals surface area contributed by atoms with Crippen LogP contribution in [0.2, 0.25) is 0 Å². The summed E-state index contributed by atoms with van der Waals surface area (Å²) in [4.78, 5) is 0. The topological polar surface area (TPSA) is 84.8 Å². The molecule has 4 aliphatic heterocycles. The first kappa shape index (κ1) is 17.5. The highest BCUT2D eigenvalue weighted by atomic mass is 16.8. The van der Waals surface area contributed by atoms with Gasteiger partial charge in [-0.3, -0.25) is 0 Å². The first-order valence-corrected chi connectivity index (χ1v) is 10.0. The zero-order valence-electron chi connectivity index (χ0n) is 16.1. The lowest BCUT2D eigenvalue weighted by atomic mass is 9.64. The maximum atomic E-state index is 11.0. The summed E-state index contributed by atoms with van der Waals surface area (Å²) in [5.74, 6) is -1.19. The fourth-order valence-corrected chi connectivity index (χ4v) is 6.30. The van der Waals surface area contributed by atoms with Gasteiger partial charge in [0, 0.05) is 24.9 Å². The van der Waals surface area contributed by atoms with Crippen molar-refractivity contribution in [2.75, 3.05) is 20.3 Å². The Labute approximate surface area is 158 Å².